The van der Waals surface area contributed by atoms with Crippen molar-refractivity contribution in [2.45, 2.75) is 12.3 Å². The summed E-state index contributed by atoms with van der Waals surface area (Å²) in [5.74, 6) is 0.428. The third-order valence-electron chi connectivity index (χ3n) is 4.10. The molecule has 0 aliphatic heterocycles. The molecule has 4 rings (SSSR count). The van der Waals surface area contributed by atoms with Gasteiger partial charge >= 0.3 is 0 Å². The standard InChI is InChI=1S/C19H15N/c1-3-10-17-15(8-1)16-9-2-4-11-18(16)19(17)13-14-7-5-6-12-20-14/h1-12,19H,13H2. The van der Waals surface area contributed by atoms with Crippen LogP contribution in [0, 0.1) is 0 Å². The zero-order chi connectivity index (χ0) is 13.4. The number of pyridine rings is 1. The second kappa shape index (κ2) is 4.61. The zero-order valence-corrected chi connectivity index (χ0v) is 11.2. The van der Waals surface area contributed by atoms with Crippen molar-refractivity contribution in [3.63, 3.8) is 0 Å². The Morgan fingerprint density at radius 3 is 1.90 bits per heavy atom. The van der Waals surface area contributed by atoms with Gasteiger partial charge in [0.25, 0.3) is 0 Å². The lowest BCUT2D eigenvalue weighted by molar-refractivity contribution is 0.802. The van der Waals surface area contributed by atoms with Gasteiger partial charge in [0.1, 0.15) is 0 Å². The number of nitrogens with zero attached hydrogens (tertiary/aromatic N) is 1. The van der Waals surface area contributed by atoms with Crippen LogP contribution in [0.15, 0.2) is 72.9 Å². The predicted octanol–water partition coefficient (Wildman–Crippen LogP) is 4.44. The molecule has 0 spiro atoms. The second-order valence-electron chi connectivity index (χ2n) is 5.25. The summed E-state index contributed by atoms with van der Waals surface area (Å²) in [5.41, 5.74) is 6.77. The average Bonchev–Trinajstić information content (AvgIpc) is 2.84. The molecule has 0 fully saturated rings. The van der Waals surface area contributed by atoms with Gasteiger partial charge in [-0.1, -0.05) is 54.6 Å². The quantitative estimate of drug-likeness (QED) is 0.661. The number of hydrogen-bond donors (Lipinski definition) is 0. The Bertz CT molecular complexity index is 701. The summed E-state index contributed by atoms with van der Waals surface area (Å²) in [6, 6.07) is 23.6. The van der Waals surface area contributed by atoms with Crippen LogP contribution in [-0.2, 0) is 6.42 Å². The minimum Gasteiger partial charge on any atom is -0.261 e. The van der Waals surface area contributed by atoms with Gasteiger partial charge in [-0.2, -0.15) is 0 Å². The van der Waals surface area contributed by atoms with E-state index in [2.05, 4.69) is 65.6 Å². The van der Waals surface area contributed by atoms with Crippen LogP contribution in [0.5, 0.6) is 0 Å². The summed E-state index contributed by atoms with van der Waals surface area (Å²) in [5, 5.41) is 0. The van der Waals surface area contributed by atoms with E-state index in [0.29, 0.717) is 5.92 Å². The summed E-state index contributed by atoms with van der Waals surface area (Å²) < 4.78 is 0. The van der Waals surface area contributed by atoms with Crippen molar-refractivity contribution in [3.05, 3.63) is 89.7 Å². The molecule has 0 bridgehead atoms. The minimum absolute atomic E-state index is 0.428. The van der Waals surface area contributed by atoms with Crippen LogP contribution in [0.2, 0.25) is 0 Å². The Kier molecular flexibility index (Phi) is 2.63. The van der Waals surface area contributed by atoms with E-state index in [9.17, 15) is 0 Å². The molecule has 1 aliphatic rings. The van der Waals surface area contributed by atoms with E-state index in [1.54, 1.807) is 0 Å². The van der Waals surface area contributed by atoms with E-state index in [-0.39, 0.29) is 0 Å². The fraction of sp³-hybridized carbons (Fsp3) is 0.105. The van der Waals surface area contributed by atoms with Crippen LogP contribution in [0.3, 0.4) is 0 Å². The first kappa shape index (κ1) is 11.4. The van der Waals surface area contributed by atoms with Crippen LogP contribution in [0.1, 0.15) is 22.7 Å². The smallest absolute Gasteiger partial charge is 0.0413 e. The molecule has 1 aromatic heterocycles. The molecule has 1 nitrogen and oxygen atoms in total. The van der Waals surface area contributed by atoms with Crippen molar-refractivity contribution in [2.75, 3.05) is 0 Å². The molecule has 0 saturated heterocycles. The van der Waals surface area contributed by atoms with Gasteiger partial charge in [-0.25, -0.2) is 0 Å². The highest BCUT2D eigenvalue weighted by Gasteiger charge is 2.28. The molecular weight excluding hydrogens is 242 g/mol. The molecule has 0 saturated carbocycles. The van der Waals surface area contributed by atoms with Gasteiger partial charge in [0, 0.05) is 24.2 Å². The first-order valence-corrected chi connectivity index (χ1v) is 7.01. The van der Waals surface area contributed by atoms with Crippen molar-refractivity contribution in [3.8, 4) is 11.1 Å². The van der Waals surface area contributed by atoms with Gasteiger partial charge in [-0.3, -0.25) is 4.98 Å². The lowest BCUT2D eigenvalue weighted by atomic mass is 9.92. The van der Waals surface area contributed by atoms with E-state index < -0.39 is 0 Å². The Balaban J connectivity index is 1.83. The van der Waals surface area contributed by atoms with E-state index in [4.69, 9.17) is 0 Å². The Labute approximate surface area is 118 Å². The van der Waals surface area contributed by atoms with Crippen molar-refractivity contribution in [1.82, 2.24) is 4.98 Å². The fourth-order valence-corrected chi connectivity index (χ4v) is 3.21. The van der Waals surface area contributed by atoms with Crippen LogP contribution in [0.4, 0.5) is 0 Å². The van der Waals surface area contributed by atoms with Crippen LogP contribution >= 0.6 is 0 Å². The maximum Gasteiger partial charge on any atom is 0.0413 e. The van der Waals surface area contributed by atoms with Crippen molar-refractivity contribution >= 4 is 0 Å². The van der Waals surface area contributed by atoms with E-state index in [1.165, 1.54) is 22.3 Å². The molecule has 1 aliphatic carbocycles. The van der Waals surface area contributed by atoms with Crippen LogP contribution < -0.4 is 0 Å². The molecule has 1 heteroatoms. The van der Waals surface area contributed by atoms with Crippen molar-refractivity contribution in [1.29, 1.82) is 0 Å². The monoisotopic (exact) mass is 257 g/mol. The van der Waals surface area contributed by atoms with E-state index in [0.717, 1.165) is 12.1 Å². The topological polar surface area (TPSA) is 12.9 Å². The highest BCUT2D eigenvalue weighted by Crippen LogP contribution is 2.45. The molecule has 96 valence electrons. The average molecular weight is 257 g/mol. The molecule has 3 aromatic rings. The first-order chi connectivity index (χ1) is 9.93. The predicted molar refractivity (Wildman–Crippen MR) is 81.7 cm³/mol. The maximum absolute atomic E-state index is 4.49. The Morgan fingerprint density at radius 1 is 0.700 bits per heavy atom. The molecule has 2 aromatic carbocycles. The molecule has 0 N–H and O–H groups in total. The van der Waals surface area contributed by atoms with Gasteiger partial charge < -0.3 is 0 Å². The SMILES string of the molecule is c1ccc(CC2c3ccccc3-c3ccccc32)nc1. The third-order valence-corrected chi connectivity index (χ3v) is 4.10. The molecule has 0 unspecified atom stereocenters. The lowest BCUT2D eigenvalue weighted by Gasteiger charge is -2.12. The summed E-state index contributed by atoms with van der Waals surface area (Å²) in [4.78, 5) is 4.49. The Hall–Kier alpha value is -2.41. The van der Waals surface area contributed by atoms with Gasteiger partial charge in [-0.15, -0.1) is 0 Å². The van der Waals surface area contributed by atoms with Crippen molar-refractivity contribution in [2.24, 2.45) is 0 Å². The highest BCUT2D eigenvalue weighted by molar-refractivity contribution is 5.78. The number of benzene rings is 2. The van der Waals surface area contributed by atoms with Crippen LogP contribution in [-0.4, -0.2) is 4.98 Å². The third kappa shape index (κ3) is 1.75. The molecule has 0 radical (unpaired) electrons. The highest BCUT2D eigenvalue weighted by atomic mass is 14.7. The van der Waals surface area contributed by atoms with Gasteiger partial charge in [0.2, 0.25) is 0 Å². The number of aromatic nitrogens is 1. The lowest BCUT2D eigenvalue weighted by Crippen LogP contribution is -2.02. The summed E-state index contributed by atoms with van der Waals surface area (Å²) >= 11 is 0. The normalized spacial score (nSPS) is 13.0. The largest absolute Gasteiger partial charge is 0.261 e. The first-order valence-electron chi connectivity index (χ1n) is 7.01. The van der Waals surface area contributed by atoms with Gasteiger partial charge in [0.05, 0.1) is 0 Å². The molecule has 0 amide bonds. The summed E-state index contributed by atoms with van der Waals surface area (Å²) in [7, 11) is 0. The number of rotatable bonds is 2. The van der Waals surface area contributed by atoms with E-state index in [1.807, 2.05) is 12.3 Å². The Morgan fingerprint density at radius 2 is 1.30 bits per heavy atom. The number of fused-ring (bicyclic) bond motifs is 3. The van der Waals surface area contributed by atoms with Gasteiger partial charge in [0.15, 0.2) is 0 Å². The van der Waals surface area contributed by atoms with Gasteiger partial charge in [-0.05, 0) is 34.4 Å². The zero-order valence-electron chi connectivity index (χ0n) is 11.2. The van der Waals surface area contributed by atoms with E-state index >= 15 is 0 Å². The molecule has 20 heavy (non-hydrogen) atoms. The summed E-state index contributed by atoms with van der Waals surface area (Å²) in [6.45, 7) is 0. The molecule has 0 atom stereocenters. The molecule has 1 heterocycles. The molecular formula is C19H15N. The maximum atomic E-state index is 4.49. The van der Waals surface area contributed by atoms with Crippen molar-refractivity contribution < 1.29 is 0 Å². The fourth-order valence-electron chi connectivity index (χ4n) is 3.21. The number of hydrogen-bond acceptors (Lipinski definition) is 1. The second-order valence-corrected chi connectivity index (χ2v) is 5.25. The minimum atomic E-state index is 0.428. The summed E-state index contributed by atoms with van der Waals surface area (Å²) in [6.07, 6.45) is 2.84. The van der Waals surface area contributed by atoms with Crippen LogP contribution in [0.25, 0.3) is 11.1 Å².